The van der Waals surface area contributed by atoms with Gasteiger partial charge in [0.15, 0.2) is 0 Å². The number of aromatic nitrogens is 1. The Hall–Kier alpha value is -1.56. The van der Waals surface area contributed by atoms with Gasteiger partial charge in [-0.3, -0.25) is 9.78 Å². The van der Waals surface area contributed by atoms with Crippen LogP contribution in [0.2, 0.25) is 0 Å². The van der Waals surface area contributed by atoms with Gasteiger partial charge in [0.2, 0.25) is 0 Å². The summed E-state index contributed by atoms with van der Waals surface area (Å²) in [5.74, 6) is -0.577. The van der Waals surface area contributed by atoms with Gasteiger partial charge in [-0.25, -0.2) is 8.78 Å². The van der Waals surface area contributed by atoms with Crippen molar-refractivity contribution in [2.45, 2.75) is 26.3 Å². The lowest BCUT2D eigenvalue weighted by atomic mass is 9.99. The molecule has 0 bridgehead atoms. The average Bonchev–Trinajstić information content (AvgIpc) is 2.28. The van der Waals surface area contributed by atoms with Crippen molar-refractivity contribution in [1.82, 2.24) is 4.98 Å². The Morgan fingerprint density at radius 3 is 2.71 bits per heavy atom. The monoisotopic (exact) mass is 244 g/mol. The Kier molecular flexibility index (Phi) is 4.51. The fourth-order valence-electron chi connectivity index (χ4n) is 1.60. The van der Waals surface area contributed by atoms with E-state index in [1.54, 1.807) is 0 Å². The lowest BCUT2D eigenvalue weighted by Gasteiger charge is -2.14. The zero-order valence-electron chi connectivity index (χ0n) is 9.67. The van der Waals surface area contributed by atoms with E-state index < -0.39 is 12.4 Å². The number of hydrogen-bond donors (Lipinski definition) is 1. The van der Waals surface area contributed by atoms with Crippen LogP contribution in [0.15, 0.2) is 6.20 Å². The molecule has 4 nitrogen and oxygen atoms in total. The fourth-order valence-corrected chi connectivity index (χ4v) is 1.60. The second kappa shape index (κ2) is 5.67. The van der Waals surface area contributed by atoms with Crippen molar-refractivity contribution in [2.75, 3.05) is 7.11 Å². The van der Waals surface area contributed by atoms with Crippen LogP contribution >= 0.6 is 0 Å². The molecule has 1 heterocycles. The molecule has 0 spiro atoms. The number of rotatable bonds is 4. The number of nitrogens with zero attached hydrogens (tertiary/aromatic N) is 1. The second-order valence-electron chi connectivity index (χ2n) is 3.52. The quantitative estimate of drug-likeness (QED) is 0.815. The largest absolute Gasteiger partial charge is 0.469 e. The first kappa shape index (κ1) is 13.5. The molecule has 0 aromatic carbocycles. The number of halogens is 2. The Morgan fingerprint density at radius 1 is 1.59 bits per heavy atom. The van der Waals surface area contributed by atoms with E-state index >= 15 is 0 Å². The molecular formula is C11H14F2N2O2. The second-order valence-corrected chi connectivity index (χ2v) is 3.52. The highest BCUT2D eigenvalue weighted by molar-refractivity contribution is 5.73. The number of carbonyl (C=O) groups is 1. The molecule has 0 saturated heterocycles. The molecule has 2 N–H and O–H groups in total. The van der Waals surface area contributed by atoms with E-state index in [0.717, 1.165) is 0 Å². The third-order valence-corrected chi connectivity index (χ3v) is 2.50. The van der Waals surface area contributed by atoms with Crippen molar-refractivity contribution < 1.29 is 18.3 Å². The van der Waals surface area contributed by atoms with Crippen molar-refractivity contribution in [2.24, 2.45) is 5.73 Å². The van der Waals surface area contributed by atoms with Crippen LogP contribution < -0.4 is 5.73 Å². The molecule has 17 heavy (non-hydrogen) atoms. The number of esters is 1. The molecule has 0 aliphatic carbocycles. The molecule has 0 saturated carbocycles. The molecule has 1 aromatic rings. The standard InChI is InChI=1S/C11H14F2N2O2/c1-6-10(11(12)13)8(3-9(16)17-2)7(4-14)5-15-6/h5,11H,3-4,14H2,1-2H3. The minimum Gasteiger partial charge on any atom is -0.469 e. The molecular weight excluding hydrogens is 230 g/mol. The fraction of sp³-hybridized carbons (Fsp3) is 0.455. The zero-order valence-corrected chi connectivity index (χ0v) is 9.67. The predicted molar refractivity (Wildman–Crippen MR) is 57.5 cm³/mol. The van der Waals surface area contributed by atoms with Gasteiger partial charge in [0.05, 0.1) is 13.5 Å². The summed E-state index contributed by atoms with van der Waals surface area (Å²) in [5.41, 5.74) is 6.10. The number of alkyl halides is 2. The maximum Gasteiger partial charge on any atom is 0.310 e. The van der Waals surface area contributed by atoms with E-state index in [2.05, 4.69) is 9.72 Å². The SMILES string of the molecule is COC(=O)Cc1c(CN)cnc(C)c1C(F)F. The third kappa shape index (κ3) is 2.97. The molecule has 0 radical (unpaired) electrons. The zero-order chi connectivity index (χ0) is 13.0. The average molecular weight is 244 g/mol. The highest BCUT2D eigenvalue weighted by atomic mass is 19.3. The number of hydrogen-bond acceptors (Lipinski definition) is 4. The van der Waals surface area contributed by atoms with Crippen molar-refractivity contribution in [1.29, 1.82) is 0 Å². The minimum atomic E-state index is -2.69. The summed E-state index contributed by atoms with van der Waals surface area (Å²) in [6.07, 6.45) is -1.49. The van der Waals surface area contributed by atoms with Crippen molar-refractivity contribution in [3.63, 3.8) is 0 Å². The summed E-state index contributed by atoms with van der Waals surface area (Å²) in [6.45, 7) is 1.53. The maximum atomic E-state index is 12.9. The third-order valence-electron chi connectivity index (χ3n) is 2.50. The van der Waals surface area contributed by atoms with Crippen LogP contribution in [0, 0.1) is 6.92 Å². The highest BCUT2D eigenvalue weighted by Gasteiger charge is 2.21. The Morgan fingerprint density at radius 2 is 2.24 bits per heavy atom. The van der Waals surface area contributed by atoms with Gasteiger partial charge in [-0.15, -0.1) is 0 Å². The van der Waals surface area contributed by atoms with Gasteiger partial charge in [0.1, 0.15) is 0 Å². The maximum absolute atomic E-state index is 12.9. The smallest absolute Gasteiger partial charge is 0.310 e. The summed E-state index contributed by atoms with van der Waals surface area (Å²) >= 11 is 0. The summed E-state index contributed by atoms with van der Waals surface area (Å²) in [7, 11) is 1.21. The van der Waals surface area contributed by atoms with E-state index in [0.29, 0.717) is 5.56 Å². The molecule has 0 aliphatic rings. The van der Waals surface area contributed by atoms with E-state index in [9.17, 15) is 13.6 Å². The molecule has 0 amide bonds. The van der Waals surface area contributed by atoms with Crippen LogP contribution in [0.4, 0.5) is 8.78 Å². The van der Waals surface area contributed by atoms with Crippen LogP contribution in [0.25, 0.3) is 0 Å². The van der Waals surface area contributed by atoms with Gasteiger partial charge in [-0.2, -0.15) is 0 Å². The van der Waals surface area contributed by atoms with Gasteiger partial charge in [-0.1, -0.05) is 0 Å². The first-order valence-electron chi connectivity index (χ1n) is 5.03. The summed E-state index contributed by atoms with van der Waals surface area (Å²) in [5, 5.41) is 0. The van der Waals surface area contributed by atoms with Crippen LogP contribution in [0.3, 0.4) is 0 Å². The predicted octanol–water partition coefficient (Wildman–Crippen LogP) is 1.50. The van der Waals surface area contributed by atoms with E-state index in [1.165, 1.54) is 20.2 Å². The van der Waals surface area contributed by atoms with Crippen molar-refractivity contribution in [3.8, 4) is 0 Å². The highest BCUT2D eigenvalue weighted by Crippen LogP contribution is 2.28. The van der Waals surface area contributed by atoms with Crippen molar-refractivity contribution in [3.05, 3.63) is 28.6 Å². The van der Waals surface area contributed by atoms with Gasteiger partial charge in [0.25, 0.3) is 6.43 Å². The first-order valence-corrected chi connectivity index (χ1v) is 5.03. The Labute approximate surface area is 97.8 Å². The molecule has 0 aliphatic heterocycles. The van der Waals surface area contributed by atoms with Gasteiger partial charge in [0, 0.05) is 24.0 Å². The van der Waals surface area contributed by atoms with E-state index in [1.807, 2.05) is 0 Å². The lowest BCUT2D eigenvalue weighted by molar-refractivity contribution is -0.139. The topological polar surface area (TPSA) is 65.2 Å². The molecule has 1 rings (SSSR count). The van der Waals surface area contributed by atoms with Crippen LogP contribution in [-0.4, -0.2) is 18.1 Å². The number of nitrogens with two attached hydrogens (primary N) is 1. The first-order chi connectivity index (χ1) is 8.01. The summed E-state index contributed by atoms with van der Waals surface area (Å²) in [6, 6.07) is 0. The minimum absolute atomic E-state index is 0.0549. The molecule has 6 heteroatoms. The Balaban J connectivity index is 3.29. The number of carbonyl (C=O) groups excluding carboxylic acids is 1. The molecule has 94 valence electrons. The van der Waals surface area contributed by atoms with Gasteiger partial charge < -0.3 is 10.5 Å². The molecule has 1 aromatic heterocycles. The van der Waals surface area contributed by atoms with Crippen LogP contribution in [-0.2, 0) is 22.5 Å². The number of pyridine rings is 1. The van der Waals surface area contributed by atoms with Crippen LogP contribution in [0.1, 0.15) is 28.8 Å². The normalized spacial score (nSPS) is 10.7. The molecule has 0 atom stereocenters. The number of aryl methyl sites for hydroxylation is 1. The molecule has 0 fully saturated rings. The van der Waals surface area contributed by atoms with E-state index in [4.69, 9.17) is 5.73 Å². The number of ether oxygens (including phenoxy) is 1. The van der Waals surface area contributed by atoms with Gasteiger partial charge >= 0.3 is 5.97 Å². The van der Waals surface area contributed by atoms with E-state index in [-0.39, 0.29) is 29.8 Å². The number of methoxy groups -OCH3 is 1. The van der Waals surface area contributed by atoms with Crippen molar-refractivity contribution >= 4 is 5.97 Å². The Bertz CT molecular complexity index is 422. The summed E-state index contributed by atoms with van der Waals surface area (Å²) < 4.78 is 30.3. The van der Waals surface area contributed by atoms with Crippen LogP contribution in [0.5, 0.6) is 0 Å². The lowest BCUT2D eigenvalue weighted by Crippen LogP contribution is -2.14. The van der Waals surface area contributed by atoms with Gasteiger partial charge in [-0.05, 0) is 18.1 Å². The summed E-state index contributed by atoms with van der Waals surface area (Å²) in [4.78, 5) is 15.1. The molecule has 0 unspecified atom stereocenters.